The molecule has 3 aromatic rings. The number of phenols is 1. The van der Waals surface area contributed by atoms with Gasteiger partial charge in [0, 0.05) is 17.1 Å². The summed E-state index contributed by atoms with van der Waals surface area (Å²) in [6.07, 6.45) is 0. The lowest BCUT2D eigenvalue weighted by Gasteiger charge is -2.09. The van der Waals surface area contributed by atoms with Crippen LogP contribution in [-0.4, -0.2) is 11.0 Å². The van der Waals surface area contributed by atoms with Gasteiger partial charge >= 0.3 is 5.63 Å². The summed E-state index contributed by atoms with van der Waals surface area (Å²) in [4.78, 5) is 23.5. The van der Waals surface area contributed by atoms with Gasteiger partial charge in [0.15, 0.2) is 0 Å². The van der Waals surface area contributed by atoms with E-state index in [0.717, 1.165) is 5.56 Å². The van der Waals surface area contributed by atoms with Crippen LogP contribution in [0.1, 0.15) is 15.9 Å². The maximum absolute atomic E-state index is 12.4. The fraction of sp³-hybridized carbons (Fsp3) is 0.0588. The van der Waals surface area contributed by atoms with Crippen molar-refractivity contribution in [2.75, 3.05) is 5.32 Å². The Morgan fingerprint density at radius 3 is 2.74 bits per heavy atom. The highest BCUT2D eigenvalue weighted by molar-refractivity contribution is 9.10. The molecule has 0 radical (unpaired) electrons. The van der Waals surface area contributed by atoms with Gasteiger partial charge in [-0.05, 0) is 64.8 Å². The second-order valence-corrected chi connectivity index (χ2v) is 5.96. The highest BCUT2D eigenvalue weighted by Gasteiger charge is 2.15. The Morgan fingerprint density at radius 1 is 1.17 bits per heavy atom. The van der Waals surface area contributed by atoms with Crippen molar-refractivity contribution in [2.24, 2.45) is 0 Å². The van der Waals surface area contributed by atoms with Gasteiger partial charge in [0.05, 0.1) is 10.0 Å². The van der Waals surface area contributed by atoms with E-state index in [0.29, 0.717) is 21.1 Å². The Morgan fingerprint density at radius 2 is 1.96 bits per heavy atom. The zero-order valence-electron chi connectivity index (χ0n) is 12.1. The van der Waals surface area contributed by atoms with Gasteiger partial charge in [0.1, 0.15) is 11.3 Å². The molecular formula is C17H12BrNO4. The van der Waals surface area contributed by atoms with E-state index in [2.05, 4.69) is 21.2 Å². The highest BCUT2D eigenvalue weighted by atomic mass is 79.9. The summed E-state index contributed by atoms with van der Waals surface area (Å²) in [7, 11) is 0. The molecule has 1 amide bonds. The van der Waals surface area contributed by atoms with Crippen LogP contribution < -0.4 is 10.9 Å². The van der Waals surface area contributed by atoms with Crippen LogP contribution in [0, 0.1) is 6.92 Å². The minimum absolute atomic E-state index is 0.111. The van der Waals surface area contributed by atoms with Crippen LogP contribution in [0.15, 0.2) is 56.1 Å². The molecule has 2 N–H and O–H groups in total. The van der Waals surface area contributed by atoms with Gasteiger partial charge in [-0.25, -0.2) is 4.79 Å². The lowest BCUT2D eigenvalue weighted by atomic mass is 10.1. The van der Waals surface area contributed by atoms with E-state index < -0.39 is 11.5 Å². The number of hydrogen-bond donors (Lipinski definition) is 2. The molecule has 1 aromatic heterocycles. The average Bonchev–Trinajstić information content (AvgIpc) is 2.51. The molecule has 0 saturated carbocycles. The number of anilines is 1. The van der Waals surface area contributed by atoms with Crippen LogP contribution in [0.4, 0.5) is 5.69 Å². The number of aromatic hydroxyl groups is 1. The summed E-state index contributed by atoms with van der Waals surface area (Å²) in [5.41, 5.74) is 1.57. The van der Waals surface area contributed by atoms with E-state index in [1.165, 1.54) is 6.07 Å². The standard InChI is InChI=1S/C17H12BrNO4/c1-9-6-12(16(21)13(18)7-9)17(22)19-11-3-4-14-10(8-11)2-5-15(20)23-14/h2-8,21H,1H3,(H,19,22). The molecule has 0 aliphatic carbocycles. The number of rotatable bonds is 2. The normalized spacial score (nSPS) is 10.7. The maximum atomic E-state index is 12.4. The summed E-state index contributed by atoms with van der Waals surface area (Å²) < 4.78 is 5.50. The van der Waals surface area contributed by atoms with Crippen molar-refractivity contribution in [1.82, 2.24) is 0 Å². The van der Waals surface area contributed by atoms with Crippen molar-refractivity contribution in [1.29, 1.82) is 0 Å². The molecule has 5 nitrogen and oxygen atoms in total. The maximum Gasteiger partial charge on any atom is 0.336 e. The molecule has 116 valence electrons. The van der Waals surface area contributed by atoms with E-state index in [1.807, 2.05) is 6.92 Å². The second kappa shape index (κ2) is 5.89. The number of carbonyl (C=O) groups excluding carboxylic acids is 1. The van der Waals surface area contributed by atoms with Crippen molar-refractivity contribution < 1.29 is 14.3 Å². The van der Waals surface area contributed by atoms with Crippen LogP contribution in [0.3, 0.4) is 0 Å². The molecular weight excluding hydrogens is 362 g/mol. The number of amides is 1. The van der Waals surface area contributed by atoms with Crippen LogP contribution in [-0.2, 0) is 0 Å². The molecule has 0 aliphatic rings. The van der Waals surface area contributed by atoms with Crippen LogP contribution >= 0.6 is 15.9 Å². The SMILES string of the molecule is Cc1cc(Br)c(O)c(C(=O)Nc2ccc3oc(=O)ccc3c2)c1. The van der Waals surface area contributed by atoms with Crippen molar-refractivity contribution in [3.05, 3.63) is 68.5 Å². The summed E-state index contributed by atoms with van der Waals surface area (Å²) in [6.45, 7) is 1.83. The van der Waals surface area contributed by atoms with Crippen molar-refractivity contribution in [2.45, 2.75) is 6.92 Å². The number of carbonyl (C=O) groups is 1. The summed E-state index contributed by atoms with van der Waals surface area (Å²) in [5, 5.41) is 13.4. The van der Waals surface area contributed by atoms with Gasteiger partial charge in [0.2, 0.25) is 0 Å². The molecule has 23 heavy (non-hydrogen) atoms. The monoisotopic (exact) mass is 373 g/mol. The first-order valence-electron chi connectivity index (χ1n) is 6.78. The molecule has 2 aromatic carbocycles. The predicted molar refractivity (Wildman–Crippen MR) is 91.0 cm³/mol. The van der Waals surface area contributed by atoms with Gasteiger partial charge in [-0.2, -0.15) is 0 Å². The molecule has 1 heterocycles. The van der Waals surface area contributed by atoms with Gasteiger partial charge < -0.3 is 14.8 Å². The lowest BCUT2D eigenvalue weighted by Crippen LogP contribution is -2.12. The topological polar surface area (TPSA) is 79.5 Å². The van der Waals surface area contributed by atoms with E-state index in [-0.39, 0.29) is 11.3 Å². The third-order valence-corrected chi connectivity index (χ3v) is 3.93. The fourth-order valence-electron chi connectivity index (χ4n) is 2.26. The molecule has 0 atom stereocenters. The second-order valence-electron chi connectivity index (χ2n) is 5.10. The third-order valence-electron chi connectivity index (χ3n) is 3.33. The zero-order valence-corrected chi connectivity index (χ0v) is 13.7. The third kappa shape index (κ3) is 3.12. The summed E-state index contributed by atoms with van der Waals surface area (Å²) in [6, 6.07) is 11.2. The number of fused-ring (bicyclic) bond motifs is 1. The number of benzene rings is 2. The number of nitrogens with one attached hydrogen (secondary N) is 1. The first-order valence-corrected chi connectivity index (χ1v) is 7.58. The van der Waals surface area contributed by atoms with E-state index in [9.17, 15) is 14.7 Å². The summed E-state index contributed by atoms with van der Waals surface area (Å²) >= 11 is 3.22. The van der Waals surface area contributed by atoms with Crippen LogP contribution in [0.2, 0.25) is 0 Å². The van der Waals surface area contributed by atoms with Crippen molar-refractivity contribution >= 4 is 38.5 Å². The largest absolute Gasteiger partial charge is 0.506 e. The lowest BCUT2D eigenvalue weighted by molar-refractivity contribution is 0.102. The highest BCUT2D eigenvalue weighted by Crippen LogP contribution is 2.30. The van der Waals surface area contributed by atoms with Crippen LogP contribution in [0.5, 0.6) is 5.75 Å². The molecule has 0 aliphatic heterocycles. The minimum Gasteiger partial charge on any atom is -0.506 e. The Bertz CT molecular complexity index is 978. The smallest absolute Gasteiger partial charge is 0.336 e. The number of hydrogen-bond acceptors (Lipinski definition) is 4. The molecule has 6 heteroatoms. The molecule has 0 saturated heterocycles. The number of halogens is 1. The average molecular weight is 374 g/mol. The Balaban J connectivity index is 1.94. The van der Waals surface area contributed by atoms with Crippen molar-refractivity contribution in [3.63, 3.8) is 0 Å². The Kier molecular flexibility index (Phi) is 3.92. The zero-order chi connectivity index (χ0) is 16.6. The van der Waals surface area contributed by atoms with E-state index in [1.54, 1.807) is 36.4 Å². The summed E-state index contributed by atoms with van der Waals surface area (Å²) in [5.74, 6) is -0.538. The quantitative estimate of drug-likeness (QED) is 0.669. The van der Waals surface area contributed by atoms with Gasteiger partial charge in [-0.1, -0.05) is 0 Å². The molecule has 0 bridgehead atoms. The first kappa shape index (κ1) is 15.3. The molecule has 0 spiro atoms. The predicted octanol–water partition coefficient (Wildman–Crippen LogP) is 3.82. The molecule has 0 unspecified atom stereocenters. The van der Waals surface area contributed by atoms with Gasteiger partial charge in [-0.15, -0.1) is 0 Å². The Hall–Kier alpha value is -2.60. The van der Waals surface area contributed by atoms with Gasteiger partial charge in [-0.3, -0.25) is 4.79 Å². The van der Waals surface area contributed by atoms with Crippen molar-refractivity contribution in [3.8, 4) is 5.75 Å². The number of phenolic OH excluding ortho intramolecular Hbond substituents is 1. The number of aryl methyl sites for hydroxylation is 1. The Labute approximate surface area is 139 Å². The first-order chi connectivity index (χ1) is 10.9. The van der Waals surface area contributed by atoms with E-state index >= 15 is 0 Å². The molecule has 3 rings (SSSR count). The fourth-order valence-corrected chi connectivity index (χ4v) is 2.83. The minimum atomic E-state index is -0.427. The van der Waals surface area contributed by atoms with Gasteiger partial charge in [0.25, 0.3) is 5.91 Å². The van der Waals surface area contributed by atoms with E-state index in [4.69, 9.17) is 4.42 Å². The molecule has 0 fully saturated rings. The van der Waals surface area contributed by atoms with Crippen LogP contribution in [0.25, 0.3) is 11.0 Å².